The molecule has 16 heavy (non-hydrogen) atoms. The topological polar surface area (TPSA) is 34.9 Å². The summed E-state index contributed by atoms with van der Waals surface area (Å²) in [6, 6.07) is 1.92. The highest BCUT2D eigenvalue weighted by Crippen LogP contribution is 2.43. The van der Waals surface area contributed by atoms with Crippen LogP contribution in [0.25, 0.3) is 10.1 Å². The van der Waals surface area contributed by atoms with Gasteiger partial charge in [0.2, 0.25) is 0 Å². The van der Waals surface area contributed by atoms with Crippen molar-refractivity contribution in [3.05, 3.63) is 25.9 Å². The summed E-state index contributed by atoms with van der Waals surface area (Å²) in [5, 5.41) is 5.30. The number of thiophene rings is 1. The summed E-state index contributed by atoms with van der Waals surface area (Å²) in [5.41, 5.74) is 1.15. The molecule has 1 saturated carbocycles. The summed E-state index contributed by atoms with van der Waals surface area (Å²) >= 11 is 5.07. The molecule has 0 radical (unpaired) electrons. The SMILES string of the molecule is CCn1nc(C2CC2)c2sc(Br)cc2c1=O. The third kappa shape index (κ3) is 1.53. The third-order valence-electron chi connectivity index (χ3n) is 2.89. The van der Waals surface area contributed by atoms with Crippen LogP contribution in [0, 0.1) is 0 Å². The zero-order valence-corrected chi connectivity index (χ0v) is 11.3. The number of aromatic nitrogens is 2. The second kappa shape index (κ2) is 3.67. The number of fused-ring (bicyclic) bond motifs is 1. The molecule has 2 aromatic heterocycles. The number of aryl methyl sites for hydroxylation is 1. The highest BCUT2D eigenvalue weighted by Gasteiger charge is 2.29. The molecule has 0 atom stereocenters. The van der Waals surface area contributed by atoms with Crippen molar-refractivity contribution < 1.29 is 0 Å². The Labute approximate surface area is 105 Å². The third-order valence-corrected chi connectivity index (χ3v) is 4.55. The van der Waals surface area contributed by atoms with Crippen LogP contribution in [-0.4, -0.2) is 9.78 Å². The van der Waals surface area contributed by atoms with Crippen molar-refractivity contribution in [1.29, 1.82) is 0 Å². The average molecular weight is 299 g/mol. The standard InChI is InChI=1S/C11H11BrN2OS/c1-2-14-11(15)7-5-8(12)16-10(7)9(13-14)6-3-4-6/h5-6H,2-4H2,1H3. The predicted octanol–water partition coefficient (Wildman–Crippen LogP) is 3.12. The number of nitrogens with zero attached hydrogens (tertiary/aromatic N) is 2. The van der Waals surface area contributed by atoms with Gasteiger partial charge in [-0.2, -0.15) is 5.10 Å². The average Bonchev–Trinajstić information content (AvgIpc) is 3.01. The van der Waals surface area contributed by atoms with Crippen molar-refractivity contribution in [2.24, 2.45) is 0 Å². The first-order chi connectivity index (χ1) is 7.70. The fourth-order valence-electron chi connectivity index (χ4n) is 1.91. The normalized spacial score (nSPS) is 15.9. The minimum atomic E-state index is 0.0313. The Morgan fingerprint density at radius 2 is 2.38 bits per heavy atom. The van der Waals surface area contributed by atoms with E-state index in [2.05, 4.69) is 21.0 Å². The van der Waals surface area contributed by atoms with E-state index in [9.17, 15) is 4.79 Å². The minimum absolute atomic E-state index is 0.0313. The summed E-state index contributed by atoms with van der Waals surface area (Å²) in [7, 11) is 0. The van der Waals surface area contributed by atoms with Gasteiger partial charge < -0.3 is 0 Å². The van der Waals surface area contributed by atoms with Crippen LogP contribution in [0.1, 0.15) is 31.4 Å². The van der Waals surface area contributed by atoms with Gasteiger partial charge in [-0.05, 0) is 41.8 Å². The smallest absolute Gasteiger partial charge is 0.267 e. The molecule has 1 aliphatic rings. The molecule has 1 aliphatic carbocycles. The largest absolute Gasteiger partial charge is 0.275 e. The molecule has 0 N–H and O–H groups in total. The Morgan fingerprint density at radius 3 is 3.00 bits per heavy atom. The number of rotatable bonds is 2. The van der Waals surface area contributed by atoms with Crippen LogP contribution in [0.3, 0.4) is 0 Å². The number of hydrogen-bond donors (Lipinski definition) is 0. The monoisotopic (exact) mass is 298 g/mol. The van der Waals surface area contributed by atoms with Crippen LogP contribution in [0.2, 0.25) is 0 Å². The van der Waals surface area contributed by atoms with Crippen molar-refractivity contribution in [3.8, 4) is 0 Å². The highest BCUT2D eigenvalue weighted by molar-refractivity contribution is 9.11. The molecule has 0 unspecified atom stereocenters. The zero-order valence-electron chi connectivity index (χ0n) is 8.86. The Morgan fingerprint density at radius 1 is 1.62 bits per heavy atom. The van der Waals surface area contributed by atoms with E-state index in [4.69, 9.17) is 0 Å². The van der Waals surface area contributed by atoms with Gasteiger partial charge >= 0.3 is 0 Å². The van der Waals surface area contributed by atoms with Gasteiger partial charge in [-0.1, -0.05) is 0 Å². The van der Waals surface area contributed by atoms with E-state index in [1.54, 1.807) is 16.0 Å². The molecule has 5 heteroatoms. The summed E-state index contributed by atoms with van der Waals surface area (Å²) in [6.45, 7) is 2.60. The molecule has 2 heterocycles. The first-order valence-electron chi connectivity index (χ1n) is 5.40. The molecule has 1 fully saturated rings. The molecular formula is C11H11BrN2OS. The zero-order chi connectivity index (χ0) is 11.3. The van der Waals surface area contributed by atoms with E-state index in [1.807, 2.05) is 13.0 Å². The van der Waals surface area contributed by atoms with Crippen molar-refractivity contribution in [3.63, 3.8) is 0 Å². The molecule has 0 saturated heterocycles. The molecule has 0 amide bonds. The molecule has 2 aromatic rings. The lowest BCUT2D eigenvalue weighted by Crippen LogP contribution is -2.22. The fraction of sp³-hybridized carbons (Fsp3) is 0.455. The second-order valence-corrected chi connectivity index (χ2v) is 6.51. The first kappa shape index (κ1) is 10.5. The van der Waals surface area contributed by atoms with Crippen LogP contribution < -0.4 is 5.56 Å². The van der Waals surface area contributed by atoms with Crippen molar-refractivity contribution in [2.45, 2.75) is 32.2 Å². The van der Waals surface area contributed by atoms with Gasteiger partial charge in [0.1, 0.15) is 0 Å². The van der Waals surface area contributed by atoms with E-state index in [1.165, 1.54) is 12.8 Å². The molecule has 0 aliphatic heterocycles. The van der Waals surface area contributed by atoms with Gasteiger partial charge in [0.15, 0.2) is 0 Å². The van der Waals surface area contributed by atoms with E-state index in [0.29, 0.717) is 12.5 Å². The van der Waals surface area contributed by atoms with E-state index in [0.717, 1.165) is 19.6 Å². The second-order valence-electron chi connectivity index (χ2n) is 4.07. The van der Waals surface area contributed by atoms with Gasteiger partial charge in [-0.25, -0.2) is 4.68 Å². The van der Waals surface area contributed by atoms with Gasteiger partial charge in [0, 0.05) is 12.5 Å². The Hall–Kier alpha value is -0.680. The summed E-state index contributed by atoms with van der Waals surface area (Å²) < 4.78 is 3.66. The van der Waals surface area contributed by atoms with Gasteiger partial charge in [0.05, 0.1) is 19.6 Å². The lowest BCUT2D eigenvalue weighted by molar-refractivity contribution is 0.608. The lowest BCUT2D eigenvalue weighted by Gasteiger charge is -2.05. The summed E-state index contributed by atoms with van der Waals surface area (Å²) in [5.74, 6) is 0.575. The lowest BCUT2D eigenvalue weighted by atomic mass is 10.2. The molecule has 0 bridgehead atoms. The highest BCUT2D eigenvalue weighted by atomic mass is 79.9. The maximum absolute atomic E-state index is 12.1. The van der Waals surface area contributed by atoms with Crippen molar-refractivity contribution in [2.75, 3.05) is 0 Å². The quantitative estimate of drug-likeness (QED) is 0.854. The van der Waals surface area contributed by atoms with Crippen molar-refractivity contribution >= 4 is 37.4 Å². The maximum atomic E-state index is 12.1. The van der Waals surface area contributed by atoms with Crippen LogP contribution in [0.15, 0.2) is 14.6 Å². The molecule has 3 nitrogen and oxygen atoms in total. The van der Waals surface area contributed by atoms with Gasteiger partial charge in [-0.3, -0.25) is 4.79 Å². The molecular weight excluding hydrogens is 288 g/mol. The van der Waals surface area contributed by atoms with E-state index in [-0.39, 0.29) is 5.56 Å². The van der Waals surface area contributed by atoms with E-state index < -0.39 is 0 Å². The van der Waals surface area contributed by atoms with E-state index >= 15 is 0 Å². The van der Waals surface area contributed by atoms with Gasteiger partial charge in [0.25, 0.3) is 5.56 Å². The molecule has 0 aromatic carbocycles. The predicted molar refractivity (Wildman–Crippen MR) is 69.2 cm³/mol. The summed E-state index contributed by atoms with van der Waals surface area (Å²) in [6.07, 6.45) is 2.42. The number of hydrogen-bond acceptors (Lipinski definition) is 3. The Bertz CT molecular complexity index is 612. The van der Waals surface area contributed by atoms with Gasteiger partial charge in [-0.15, -0.1) is 11.3 Å². The fourth-order valence-corrected chi connectivity index (χ4v) is 3.56. The number of halogens is 1. The Kier molecular flexibility index (Phi) is 2.40. The maximum Gasteiger partial charge on any atom is 0.275 e. The van der Waals surface area contributed by atoms with Crippen LogP contribution >= 0.6 is 27.3 Å². The van der Waals surface area contributed by atoms with Crippen LogP contribution in [-0.2, 0) is 6.54 Å². The van der Waals surface area contributed by atoms with Crippen molar-refractivity contribution in [1.82, 2.24) is 9.78 Å². The first-order valence-corrected chi connectivity index (χ1v) is 7.01. The minimum Gasteiger partial charge on any atom is -0.267 e. The Balaban J connectivity index is 2.39. The van der Waals surface area contributed by atoms with Crippen LogP contribution in [0.4, 0.5) is 0 Å². The molecule has 3 rings (SSSR count). The molecule has 0 spiro atoms. The summed E-state index contributed by atoms with van der Waals surface area (Å²) in [4.78, 5) is 12.1. The molecule has 84 valence electrons. The van der Waals surface area contributed by atoms with Crippen LogP contribution in [0.5, 0.6) is 0 Å².